The molecule has 6 nitrogen and oxygen atoms in total. The van der Waals surface area contributed by atoms with Crippen molar-refractivity contribution in [3.63, 3.8) is 0 Å². The van der Waals surface area contributed by atoms with Crippen molar-refractivity contribution in [2.45, 2.75) is 82.3 Å². The molecule has 4 fully saturated rings. The third-order valence-corrected chi connectivity index (χ3v) is 9.55. The van der Waals surface area contributed by atoms with Crippen molar-refractivity contribution >= 4 is 5.91 Å². The number of rotatable bonds is 5. The normalized spacial score (nSPS) is 33.4. The number of phenolic OH excluding ortho intramolecular Hbond substituents is 1. The van der Waals surface area contributed by atoms with Crippen molar-refractivity contribution in [1.82, 2.24) is 14.7 Å². The maximum Gasteiger partial charge on any atom is 0.236 e. The molecule has 0 radical (unpaired) electrons. The summed E-state index contributed by atoms with van der Waals surface area (Å²) in [5, 5.41) is 23.0. The lowest BCUT2D eigenvalue weighted by molar-refractivity contribution is -0.137. The van der Waals surface area contributed by atoms with Crippen LogP contribution in [0.25, 0.3) is 0 Å². The fourth-order valence-electron chi connectivity index (χ4n) is 7.13. The average Bonchev–Trinajstić information content (AvgIpc) is 3.67. The summed E-state index contributed by atoms with van der Waals surface area (Å²) in [5.41, 5.74) is 0.911. The number of piperidine rings is 2. The summed E-state index contributed by atoms with van der Waals surface area (Å²) in [7, 11) is 0. The number of aromatic hydroxyl groups is 1. The van der Waals surface area contributed by atoms with Crippen LogP contribution in [-0.4, -0.2) is 88.3 Å². The highest BCUT2D eigenvalue weighted by molar-refractivity contribution is 5.78. The molecule has 0 spiro atoms. The van der Waals surface area contributed by atoms with Crippen LogP contribution in [0.4, 0.5) is 0 Å². The highest BCUT2D eigenvalue weighted by atomic mass is 16.3. The predicted molar refractivity (Wildman–Crippen MR) is 134 cm³/mol. The van der Waals surface area contributed by atoms with Crippen LogP contribution in [0.1, 0.15) is 69.4 Å². The Morgan fingerprint density at radius 1 is 1.03 bits per heavy atom. The number of nitrogens with zero attached hydrogens (tertiary/aromatic N) is 3. The van der Waals surface area contributed by atoms with Crippen LogP contribution in [0.15, 0.2) is 18.2 Å². The molecular weight excluding hydrogens is 426 g/mol. The van der Waals surface area contributed by atoms with Crippen molar-refractivity contribution < 1.29 is 15.0 Å². The van der Waals surface area contributed by atoms with Gasteiger partial charge in [0.25, 0.3) is 0 Å². The van der Waals surface area contributed by atoms with Gasteiger partial charge in [0.1, 0.15) is 5.75 Å². The third-order valence-electron chi connectivity index (χ3n) is 9.55. The van der Waals surface area contributed by atoms with Gasteiger partial charge < -0.3 is 15.1 Å². The first kappa shape index (κ1) is 24.1. The van der Waals surface area contributed by atoms with Gasteiger partial charge in [-0.05, 0) is 107 Å². The first-order chi connectivity index (χ1) is 16.3. The lowest BCUT2D eigenvalue weighted by Crippen LogP contribution is -2.68. The minimum Gasteiger partial charge on any atom is -0.508 e. The van der Waals surface area contributed by atoms with E-state index in [1.54, 1.807) is 6.07 Å². The monoisotopic (exact) mass is 469 g/mol. The Labute approximate surface area is 204 Å². The van der Waals surface area contributed by atoms with E-state index in [4.69, 9.17) is 0 Å². The van der Waals surface area contributed by atoms with Gasteiger partial charge in [-0.15, -0.1) is 0 Å². The summed E-state index contributed by atoms with van der Waals surface area (Å²) in [6.07, 6.45) is 8.41. The topological polar surface area (TPSA) is 67.2 Å². The van der Waals surface area contributed by atoms with E-state index in [0.717, 1.165) is 82.0 Å². The van der Waals surface area contributed by atoms with Crippen LogP contribution in [0, 0.1) is 12.8 Å². The Bertz CT molecular complexity index is 897. The number of hydrogen-bond acceptors (Lipinski definition) is 5. The van der Waals surface area contributed by atoms with Crippen LogP contribution in [0.3, 0.4) is 0 Å². The van der Waals surface area contributed by atoms with Crippen LogP contribution < -0.4 is 0 Å². The molecule has 5 rings (SSSR count). The number of aryl methyl sites for hydroxylation is 1. The quantitative estimate of drug-likeness (QED) is 0.693. The van der Waals surface area contributed by atoms with Gasteiger partial charge >= 0.3 is 0 Å². The minimum atomic E-state index is -0.901. The van der Waals surface area contributed by atoms with Gasteiger partial charge in [-0.25, -0.2) is 0 Å². The lowest BCUT2D eigenvalue weighted by Gasteiger charge is -2.58. The summed E-state index contributed by atoms with van der Waals surface area (Å²) < 4.78 is 0. The molecule has 1 saturated carbocycles. The number of fused-ring (bicyclic) bond motifs is 1. The molecule has 3 unspecified atom stereocenters. The standard InChI is InChI=1S/C28H43N3O3/c1-21-6-9-24(32)18-25(21)27-10-15-29(20-26(33)30-13-4-3-5-14-30)16-12-28(27,34)22(2)31(17-11-27)19-23-7-8-23/h6,9,18,22-23,32,34H,3-5,7-8,10-17,19-20H2,1-2H3. The molecule has 0 bridgehead atoms. The fraction of sp³-hybridized carbons (Fsp3) is 0.750. The second-order valence-electron chi connectivity index (χ2n) is 11.6. The molecule has 188 valence electrons. The Morgan fingerprint density at radius 3 is 2.47 bits per heavy atom. The first-order valence-corrected chi connectivity index (χ1v) is 13.6. The molecule has 1 amide bonds. The molecule has 6 heteroatoms. The minimum absolute atomic E-state index is 0.0429. The molecule has 3 aliphatic heterocycles. The maximum atomic E-state index is 13.0. The molecule has 1 aromatic rings. The first-order valence-electron chi connectivity index (χ1n) is 13.6. The van der Waals surface area contributed by atoms with Gasteiger partial charge in [0, 0.05) is 37.6 Å². The largest absolute Gasteiger partial charge is 0.508 e. The van der Waals surface area contributed by atoms with E-state index in [9.17, 15) is 15.0 Å². The van der Waals surface area contributed by atoms with E-state index >= 15 is 0 Å². The number of hydrogen-bond donors (Lipinski definition) is 2. The Balaban J connectivity index is 1.43. The number of carbonyl (C=O) groups excluding carboxylic acids is 1. The molecule has 34 heavy (non-hydrogen) atoms. The van der Waals surface area contributed by atoms with Crippen molar-refractivity contribution in [3.05, 3.63) is 29.3 Å². The maximum absolute atomic E-state index is 13.0. The van der Waals surface area contributed by atoms with Crippen molar-refractivity contribution in [2.24, 2.45) is 5.92 Å². The van der Waals surface area contributed by atoms with Gasteiger partial charge in [-0.3, -0.25) is 14.6 Å². The summed E-state index contributed by atoms with van der Waals surface area (Å²) in [5.74, 6) is 1.29. The van der Waals surface area contributed by atoms with Crippen molar-refractivity contribution in [1.29, 1.82) is 0 Å². The number of benzene rings is 1. The molecule has 0 aromatic heterocycles. The third kappa shape index (κ3) is 4.38. The lowest BCUT2D eigenvalue weighted by atomic mass is 9.57. The van der Waals surface area contributed by atoms with E-state index < -0.39 is 11.0 Å². The summed E-state index contributed by atoms with van der Waals surface area (Å²) in [6, 6.07) is 5.68. The zero-order valence-electron chi connectivity index (χ0n) is 21.1. The summed E-state index contributed by atoms with van der Waals surface area (Å²) in [4.78, 5) is 19.9. The summed E-state index contributed by atoms with van der Waals surface area (Å²) >= 11 is 0. The van der Waals surface area contributed by atoms with Crippen molar-refractivity contribution in [3.8, 4) is 5.75 Å². The van der Waals surface area contributed by atoms with Gasteiger partial charge in [0.15, 0.2) is 0 Å². The predicted octanol–water partition coefficient (Wildman–Crippen LogP) is 3.28. The number of phenols is 1. The van der Waals surface area contributed by atoms with E-state index in [0.29, 0.717) is 13.0 Å². The number of likely N-dealkylation sites (tertiary alicyclic amines) is 3. The van der Waals surface area contributed by atoms with Crippen molar-refractivity contribution in [2.75, 3.05) is 45.8 Å². The highest BCUT2D eigenvalue weighted by Crippen LogP contribution is 2.53. The zero-order chi connectivity index (χ0) is 23.9. The average molecular weight is 470 g/mol. The Kier molecular flexibility index (Phi) is 6.68. The van der Waals surface area contributed by atoms with E-state index in [1.165, 1.54) is 19.3 Å². The van der Waals surface area contributed by atoms with Gasteiger partial charge in [0.05, 0.1) is 12.1 Å². The summed E-state index contributed by atoms with van der Waals surface area (Å²) in [6.45, 7) is 10.1. The van der Waals surface area contributed by atoms with Crippen LogP contribution in [-0.2, 0) is 10.2 Å². The second kappa shape index (κ2) is 9.44. The Hall–Kier alpha value is -1.63. The number of amides is 1. The molecule has 1 aliphatic carbocycles. The van der Waals surface area contributed by atoms with Gasteiger partial charge in [-0.1, -0.05) is 6.07 Å². The van der Waals surface area contributed by atoms with E-state index in [1.807, 2.05) is 17.0 Å². The molecule has 3 heterocycles. The molecule has 2 N–H and O–H groups in total. The molecule has 3 atom stereocenters. The van der Waals surface area contributed by atoms with E-state index in [2.05, 4.69) is 23.6 Å². The van der Waals surface area contributed by atoms with Crippen LogP contribution in [0.2, 0.25) is 0 Å². The molecule has 4 aliphatic rings. The molecule has 1 aromatic carbocycles. The van der Waals surface area contributed by atoms with Crippen LogP contribution >= 0.6 is 0 Å². The van der Waals surface area contributed by atoms with Crippen LogP contribution in [0.5, 0.6) is 5.75 Å². The second-order valence-corrected chi connectivity index (χ2v) is 11.6. The zero-order valence-corrected chi connectivity index (χ0v) is 21.1. The molecular formula is C28H43N3O3. The number of carbonyl (C=O) groups is 1. The van der Waals surface area contributed by atoms with Gasteiger partial charge in [-0.2, -0.15) is 0 Å². The van der Waals surface area contributed by atoms with E-state index in [-0.39, 0.29) is 17.7 Å². The smallest absolute Gasteiger partial charge is 0.236 e. The fourth-order valence-corrected chi connectivity index (χ4v) is 7.13. The van der Waals surface area contributed by atoms with Gasteiger partial charge in [0.2, 0.25) is 5.91 Å². The Morgan fingerprint density at radius 2 is 1.74 bits per heavy atom. The number of aliphatic hydroxyl groups is 1. The SMILES string of the molecule is Cc1ccc(O)cc1C12CCN(CC(=O)N3CCCCC3)CCC1(O)C(C)N(CC1CC1)CC2. The highest BCUT2D eigenvalue weighted by Gasteiger charge is 2.59. The molecule has 3 saturated heterocycles.